The van der Waals surface area contributed by atoms with Gasteiger partial charge in [-0.2, -0.15) is 0 Å². The normalized spacial score (nSPS) is 12.6. The van der Waals surface area contributed by atoms with E-state index in [1.165, 1.54) is 12.1 Å². The van der Waals surface area contributed by atoms with Gasteiger partial charge in [-0.25, -0.2) is 9.37 Å². The Kier molecular flexibility index (Phi) is 3.54. The molecule has 1 heterocycles. The maximum absolute atomic E-state index is 12.8. The fourth-order valence-corrected chi connectivity index (χ4v) is 1.70. The Bertz CT molecular complexity index is 474. The molecular formula is C13H16FN3. The average molecular weight is 233 g/mol. The summed E-state index contributed by atoms with van der Waals surface area (Å²) in [5, 5.41) is 0. The van der Waals surface area contributed by atoms with Crippen LogP contribution in [0.25, 0.3) is 11.3 Å². The zero-order chi connectivity index (χ0) is 12.3. The number of aryl methyl sites for hydroxylation is 1. The van der Waals surface area contributed by atoms with Gasteiger partial charge in [0.05, 0.1) is 18.2 Å². The van der Waals surface area contributed by atoms with E-state index in [1.54, 1.807) is 24.7 Å². The Labute approximate surface area is 100 Å². The van der Waals surface area contributed by atoms with Crippen LogP contribution in [-0.4, -0.2) is 15.6 Å². The molecule has 0 aliphatic carbocycles. The van der Waals surface area contributed by atoms with E-state index >= 15 is 0 Å². The quantitative estimate of drug-likeness (QED) is 0.881. The molecule has 1 atom stereocenters. The van der Waals surface area contributed by atoms with Crippen LogP contribution in [-0.2, 0) is 6.54 Å². The molecule has 2 aromatic rings. The third-order valence-electron chi connectivity index (χ3n) is 2.68. The lowest BCUT2D eigenvalue weighted by Gasteiger charge is -2.09. The first kappa shape index (κ1) is 11.8. The minimum Gasteiger partial charge on any atom is -0.331 e. The second-order valence-corrected chi connectivity index (χ2v) is 4.25. The Balaban J connectivity index is 2.21. The standard InChI is InChI=1S/C13H16FN3/c1-10(15)6-7-17-9-16-8-13(17)11-2-4-12(14)5-3-11/h2-5,8-10H,6-7,15H2,1H3. The summed E-state index contributed by atoms with van der Waals surface area (Å²) < 4.78 is 14.9. The Morgan fingerprint density at radius 3 is 2.71 bits per heavy atom. The number of rotatable bonds is 4. The van der Waals surface area contributed by atoms with Crippen LogP contribution in [0.1, 0.15) is 13.3 Å². The predicted molar refractivity (Wildman–Crippen MR) is 65.9 cm³/mol. The van der Waals surface area contributed by atoms with Crippen LogP contribution in [0.4, 0.5) is 4.39 Å². The first-order chi connectivity index (χ1) is 8.16. The Hall–Kier alpha value is -1.68. The highest BCUT2D eigenvalue weighted by Gasteiger charge is 2.05. The molecular weight excluding hydrogens is 217 g/mol. The lowest BCUT2D eigenvalue weighted by atomic mass is 10.1. The summed E-state index contributed by atoms with van der Waals surface area (Å²) in [7, 11) is 0. The van der Waals surface area contributed by atoms with Crippen LogP contribution in [0.15, 0.2) is 36.8 Å². The van der Waals surface area contributed by atoms with E-state index in [9.17, 15) is 4.39 Å². The summed E-state index contributed by atoms with van der Waals surface area (Å²) in [6.45, 7) is 2.80. The van der Waals surface area contributed by atoms with Gasteiger partial charge in [0.2, 0.25) is 0 Å². The molecule has 0 bridgehead atoms. The number of hydrogen-bond donors (Lipinski definition) is 1. The Morgan fingerprint density at radius 2 is 2.06 bits per heavy atom. The molecule has 0 saturated carbocycles. The van der Waals surface area contributed by atoms with Crippen LogP contribution < -0.4 is 5.73 Å². The van der Waals surface area contributed by atoms with Crippen LogP contribution in [0, 0.1) is 5.82 Å². The number of benzene rings is 1. The SMILES string of the molecule is CC(N)CCn1cncc1-c1ccc(F)cc1. The van der Waals surface area contributed by atoms with Gasteiger partial charge in [0.15, 0.2) is 0 Å². The van der Waals surface area contributed by atoms with E-state index in [0.717, 1.165) is 24.2 Å². The molecule has 0 radical (unpaired) electrons. The smallest absolute Gasteiger partial charge is 0.123 e. The molecule has 1 aromatic heterocycles. The molecule has 90 valence electrons. The van der Waals surface area contributed by atoms with E-state index in [4.69, 9.17) is 5.73 Å². The Morgan fingerprint density at radius 1 is 1.35 bits per heavy atom. The molecule has 4 heteroatoms. The number of halogens is 1. The van der Waals surface area contributed by atoms with E-state index in [0.29, 0.717) is 0 Å². The minimum absolute atomic E-state index is 0.165. The van der Waals surface area contributed by atoms with Gasteiger partial charge >= 0.3 is 0 Å². The summed E-state index contributed by atoms with van der Waals surface area (Å²) in [6.07, 6.45) is 4.46. The third kappa shape index (κ3) is 2.91. The second kappa shape index (κ2) is 5.10. The highest BCUT2D eigenvalue weighted by molar-refractivity contribution is 5.58. The fraction of sp³-hybridized carbons (Fsp3) is 0.308. The highest BCUT2D eigenvalue weighted by Crippen LogP contribution is 2.19. The maximum Gasteiger partial charge on any atom is 0.123 e. The number of nitrogens with zero attached hydrogens (tertiary/aromatic N) is 2. The average Bonchev–Trinajstić information content (AvgIpc) is 2.75. The summed E-state index contributed by atoms with van der Waals surface area (Å²) in [6, 6.07) is 6.60. The van der Waals surface area contributed by atoms with Crippen LogP contribution >= 0.6 is 0 Å². The molecule has 1 aromatic carbocycles. The molecule has 1 unspecified atom stereocenters. The number of hydrogen-bond acceptors (Lipinski definition) is 2. The van der Waals surface area contributed by atoms with Crippen molar-refractivity contribution in [3.8, 4) is 11.3 Å². The number of imidazole rings is 1. The molecule has 0 saturated heterocycles. The van der Waals surface area contributed by atoms with Crippen molar-refractivity contribution in [3.63, 3.8) is 0 Å². The molecule has 3 nitrogen and oxygen atoms in total. The van der Waals surface area contributed by atoms with E-state index in [-0.39, 0.29) is 11.9 Å². The largest absolute Gasteiger partial charge is 0.331 e. The predicted octanol–water partition coefficient (Wildman–Crippen LogP) is 2.43. The van der Waals surface area contributed by atoms with Crippen molar-refractivity contribution in [2.24, 2.45) is 5.73 Å². The van der Waals surface area contributed by atoms with Crippen molar-refractivity contribution in [1.82, 2.24) is 9.55 Å². The van der Waals surface area contributed by atoms with Gasteiger partial charge in [0, 0.05) is 12.6 Å². The summed E-state index contributed by atoms with van der Waals surface area (Å²) in [5.74, 6) is -0.226. The van der Waals surface area contributed by atoms with Gasteiger partial charge in [-0.05, 0) is 43.2 Å². The second-order valence-electron chi connectivity index (χ2n) is 4.25. The zero-order valence-electron chi connectivity index (χ0n) is 9.81. The minimum atomic E-state index is -0.226. The van der Waals surface area contributed by atoms with E-state index < -0.39 is 0 Å². The number of aromatic nitrogens is 2. The summed E-state index contributed by atoms with van der Waals surface area (Å²) in [5.41, 5.74) is 7.69. The highest BCUT2D eigenvalue weighted by atomic mass is 19.1. The van der Waals surface area contributed by atoms with Gasteiger partial charge in [-0.1, -0.05) is 0 Å². The summed E-state index contributed by atoms with van der Waals surface area (Å²) in [4.78, 5) is 4.13. The van der Waals surface area contributed by atoms with Crippen LogP contribution in [0.3, 0.4) is 0 Å². The molecule has 2 rings (SSSR count). The molecule has 2 N–H and O–H groups in total. The van der Waals surface area contributed by atoms with Crippen molar-refractivity contribution in [2.45, 2.75) is 25.9 Å². The van der Waals surface area contributed by atoms with Crippen molar-refractivity contribution in [1.29, 1.82) is 0 Å². The van der Waals surface area contributed by atoms with Gasteiger partial charge in [-0.15, -0.1) is 0 Å². The van der Waals surface area contributed by atoms with Gasteiger partial charge in [-0.3, -0.25) is 0 Å². The topological polar surface area (TPSA) is 43.8 Å². The first-order valence-electron chi connectivity index (χ1n) is 5.68. The van der Waals surface area contributed by atoms with Gasteiger partial charge in [0.1, 0.15) is 5.82 Å². The molecule has 0 amide bonds. The lowest BCUT2D eigenvalue weighted by molar-refractivity contribution is 0.573. The zero-order valence-corrected chi connectivity index (χ0v) is 9.81. The molecule has 0 spiro atoms. The lowest BCUT2D eigenvalue weighted by Crippen LogP contribution is -2.17. The number of nitrogens with two attached hydrogens (primary N) is 1. The van der Waals surface area contributed by atoms with Crippen molar-refractivity contribution in [3.05, 3.63) is 42.6 Å². The van der Waals surface area contributed by atoms with Crippen molar-refractivity contribution in [2.75, 3.05) is 0 Å². The van der Waals surface area contributed by atoms with E-state index in [2.05, 4.69) is 4.98 Å². The maximum atomic E-state index is 12.8. The molecule has 17 heavy (non-hydrogen) atoms. The van der Waals surface area contributed by atoms with Crippen LogP contribution in [0.5, 0.6) is 0 Å². The molecule has 0 aliphatic heterocycles. The van der Waals surface area contributed by atoms with E-state index in [1.807, 2.05) is 11.5 Å². The monoisotopic (exact) mass is 233 g/mol. The molecule has 0 fully saturated rings. The summed E-state index contributed by atoms with van der Waals surface area (Å²) >= 11 is 0. The fourth-order valence-electron chi connectivity index (χ4n) is 1.70. The third-order valence-corrected chi connectivity index (χ3v) is 2.68. The van der Waals surface area contributed by atoms with Crippen LogP contribution in [0.2, 0.25) is 0 Å². The van der Waals surface area contributed by atoms with Gasteiger partial charge in [0.25, 0.3) is 0 Å². The van der Waals surface area contributed by atoms with Crippen molar-refractivity contribution >= 4 is 0 Å². The van der Waals surface area contributed by atoms with Gasteiger partial charge < -0.3 is 10.3 Å². The van der Waals surface area contributed by atoms with Crippen molar-refractivity contribution < 1.29 is 4.39 Å². The first-order valence-corrected chi connectivity index (χ1v) is 5.68. The molecule has 0 aliphatic rings.